The van der Waals surface area contributed by atoms with Crippen LogP contribution in [-0.4, -0.2) is 17.0 Å². The lowest BCUT2D eigenvalue weighted by atomic mass is 10.0. The number of anilines is 2. The van der Waals surface area contributed by atoms with E-state index in [0.29, 0.717) is 11.6 Å². The van der Waals surface area contributed by atoms with Crippen LogP contribution in [0.4, 0.5) is 11.4 Å². The van der Waals surface area contributed by atoms with E-state index >= 15 is 0 Å². The van der Waals surface area contributed by atoms with Crippen molar-refractivity contribution >= 4 is 23.3 Å². The van der Waals surface area contributed by atoms with E-state index in [4.69, 9.17) is 5.11 Å². The summed E-state index contributed by atoms with van der Waals surface area (Å²) in [7, 11) is 0. The number of hydrogen-bond donors (Lipinski definition) is 3. The van der Waals surface area contributed by atoms with Crippen LogP contribution in [0, 0.1) is 11.3 Å². The maximum absolute atomic E-state index is 12.2. The van der Waals surface area contributed by atoms with Gasteiger partial charge in [-0.05, 0) is 47.9 Å². The highest BCUT2D eigenvalue weighted by molar-refractivity contribution is 6.06. The Bertz CT molecular complexity index is 861. The SMILES string of the molecule is CC(C)c1ccc(N/C=C(/C#N)C(=O)Nc2ccc(C(=O)O)cc2)cc1. The van der Waals surface area contributed by atoms with Gasteiger partial charge in [0, 0.05) is 17.6 Å². The Balaban J connectivity index is 2.04. The first-order chi connectivity index (χ1) is 12.4. The standard InChI is InChI=1S/C20H19N3O3/c1-13(2)14-3-7-17(8-4-14)22-12-16(11-21)19(24)23-18-9-5-15(6-10-18)20(25)26/h3-10,12-13,22H,1-2H3,(H,23,24)(H,25,26)/b16-12-. The summed E-state index contributed by atoms with van der Waals surface area (Å²) in [5, 5.41) is 23.5. The average Bonchev–Trinajstić information content (AvgIpc) is 2.63. The lowest BCUT2D eigenvalue weighted by Gasteiger charge is -2.08. The monoisotopic (exact) mass is 349 g/mol. The molecule has 0 aliphatic heterocycles. The van der Waals surface area contributed by atoms with Gasteiger partial charge >= 0.3 is 5.97 Å². The second kappa shape index (κ2) is 8.49. The molecule has 0 aliphatic carbocycles. The molecule has 26 heavy (non-hydrogen) atoms. The summed E-state index contributed by atoms with van der Waals surface area (Å²) < 4.78 is 0. The minimum Gasteiger partial charge on any atom is -0.478 e. The van der Waals surface area contributed by atoms with Crippen molar-refractivity contribution in [1.82, 2.24) is 0 Å². The quantitative estimate of drug-likeness (QED) is 0.541. The highest BCUT2D eigenvalue weighted by Crippen LogP contribution is 2.17. The van der Waals surface area contributed by atoms with E-state index in [2.05, 4.69) is 24.5 Å². The third-order valence-electron chi connectivity index (χ3n) is 3.72. The molecule has 0 heterocycles. The van der Waals surface area contributed by atoms with Gasteiger partial charge < -0.3 is 15.7 Å². The maximum Gasteiger partial charge on any atom is 0.335 e. The van der Waals surface area contributed by atoms with Crippen LogP contribution in [-0.2, 0) is 4.79 Å². The van der Waals surface area contributed by atoms with Gasteiger partial charge in [-0.2, -0.15) is 5.26 Å². The second-order valence-corrected chi connectivity index (χ2v) is 5.93. The lowest BCUT2D eigenvalue weighted by molar-refractivity contribution is -0.112. The Morgan fingerprint density at radius 2 is 1.62 bits per heavy atom. The molecule has 0 radical (unpaired) electrons. The third-order valence-corrected chi connectivity index (χ3v) is 3.72. The van der Waals surface area contributed by atoms with Gasteiger partial charge in [-0.3, -0.25) is 4.79 Å². The first kappa shape index (κ1) is 18.7. The highest BCUT2D eigenvalue weighted by Gasteiger charge is 2.10. The van der Waals surface area contributed by atoms with Gasteiger partial charge in [0.1, 0.15) is 11.6 Å². The molecule has 6 heteroatoms. The van der Waals surface area contributed by atoms with Crippen molar-refractivity contribution in [3.8, 4) is 6.07 Å². The molecular formula is C20H19N3O3. The van der Waals surface area contributed by atoms with Crippen LogP contribution < -0.4 is 10.6 Å². The van der Waals surface area contributed by atoms with Crippen molar-refractivity contribution in [2.75, 3.05) is 10.6 Å². The van der Waals surface area contributed by atoms with Gasteiger partial charge in [-0.15, -0.1) is 0 Å². The number of nitrogens with zero attached hydrogens (tertiary/aromatic N) is 1. The van der Waals surface area contributed by atoms with E-state index in [1.807, 2.05) is 30.3 Å². The molecule has 0 bridgehead atoms. The van der Waals surface area contributed by atoms with Crippen LogP contribution in [0.1, 0.15) is 35.7 Å². The van der Waals surface area contributed by atoms with Crippen LogP contribution in [0.15, 0.2) is 60.3 Å². The van der Waals surface area contributed by atoms with Crippen LogP contribution in [0.5, 0.6) is 0 Å². The Kier molecular flexibility index (Phi) is 6.12. The fourth-order valence-corrected chi connectivity index (χ4v) is 2.16. The second-order valence-electron chi connectivity index (χ2n) is 5.93. The summed E-state index contributed by atoms with van der Waals surface area (Å²) in [6.45, 7) is 4.20. The number of carbonyl (C=O) groups is 2. The van der Waals surface area contributed by atoms with Crippen molar-refractivity contribution in [2.24, 2.45) is 0 Å². The molecule has 6 nitrogen and oxygen atoms in total. The average molecular weight is 349 g/mol. The molecule has 0 atom stereocenters. The van der Waals surface area contributed by atoms with Crippen LogP contribution in [0.2, 0.25) is 0 Å². The van der Waals surface area contributed by atoms with Gasteiger partial charge in [0.05, 0.1) is 5.56 Å². The lowest BCUT2D eigenvalue weighted by Crippen LogP contribution is -2.14. The minimum atomic E-state index is -1.05. The molecule has 0 aromatic heterocycles. The Hall–Kier alpha value is -3.59. The highest BCUT2D eigenvalue weighted by atomic mass is 16.4. The van der Waals surface area contributed by atoms with E-state index in [1.165, 1.54) is 36.0 Å². The predicted octanol–water partition coefficient (Wildman–Crippen LogP) is 3.97. The van der Waals surface area contributed by atoms with Gasteiger partial charge in [-0.1, -0.05) is 26.0 Å². The zero-order chi connectivity index (χ0) is 19.1. The normalized spacial score (nSPS) is 10.9. The Morgan fingerprint density at radius 3 is 2.12 bits per heavy atom. The summed E-state index contributed by atoms with van der Waals surface area (Å²) in [6, 6.07) is 15.3. The Labute approximate surface area is 151 Å². The van der Waals surface area contributed by atoms with E-state index in [1.54, 1.807) is 0 Å². The van der Waals surface area contributed by atoms with E-state index < -0.39 is 11.9 Å². The molecule has 0 fully saturated rings. The predicted molar refractivity (Wildman–Crippen MR) is 99.9 cm³/mol. The number of amides is 1. The van der Waals surface area contributed by atoms with Crippen molar-refractivity contribution in [3.63, 3.8) is 0 Å². The topological polar surface area (TPSA) is 102 Å². The molecule has 0 unspecified atom stereocenters. The van der Waals surface area contributed by atoms with Crippen LogP contribution in [0.25, 0.3) is 0 Å². The van der Waals surface area contributed by atoms with Gasteiger partial charge in [0.2, 0.25) is 0 Å². The number of benzene rings is 2. The minimum absolute atomic E-state index is 0.0970. The maximum atomic E-state index is 12.2. The van der Waals surface area contributed by atoms with Crippen LogP contribution >= 0.6 is 0 Å². The fraction of sp³-hybridized carbons (Fsp3) is 0.150. The number of nitrogens with one attached hydrogen (secondary N) is 2. The van der Waals surface area contributed by atoms with Crippen molar-refractivity contribution in [2.45, 2.75) is 19.8 Å². The molecular weight excluding hydrogens is 330 g/mol. The molecule has 0 aliphatic rings. The molecule has 1 amide bonds. The van der Waals surface area contributed by atoms with Gasteiger partial charge in [-0.25, -0.2) is 4.79 Å². The molecule has 0 spiro atoms. The molecule has 2 aromatic carbocycles. The summed E-state index contributed by atoms with van der Waals surface area (Å²) >= 11 is 0. The number of hydrogen-bond acceptors (Lipinski definition) is 4. The first-order valence-corrected chi connectivity index (χ1v) is 8.02. The van der Waals surface area contributed by atoms with Crippen molar-refractivity contribution in [1.29, 1.82) is 5.26 Å². The number of nitriles is 1. The molecule has 132 valence electrons. The number of aromatic carboxylic acids is 1. The van der Waals surface area contributed by atoms with Crippen molar-refractivity contribution in [3.05, 3.63) is 71.4 Å². The van der Waals surface area contributed by atoms with Gasteiger partial charge in [0.15, 0.2) is 0 Å². The zero-order valence-electron chi connectivity index (χ0n) is 14.5. The van der Waals surface area contributed by atoms with Gasteiger partial charge in [0.25, 0.3) is 5.91 Å². The molecule has 3 N–H and O–H groups in total. The fourth-order valence-electron chi connectivity index (χ4n) is 2.16. The summed E-state index contributed by atoms with van der Waals surface area (Å²) in [4.78, 5) is 23.0. The first-order valence-electron chi connectivity index (χ1n) is 8.02. The summed E-state index contributed by atoms with van der Waals surface area (Å²) in [5.41, 5.74) is 2.39. The molecule has 2 rings (SSSR count). The smallest absolute Gasteiger partial charge is 0.335 e. The van der Waals surface area contributed by atoms with E-state index in [9.17, 15) is 14.9 Å². The number of carboxylic acids is 1. The van der Waals surface area contributed by atoms with E-state index in [-0.39, 0.29) is 11.1 Å². The van der Waals surface area contributed by atoms with Crippen molar-refractivity contribution < 1.29 is 14.7 Å². The third kappa shape index (κ3) is 4.95. The Morgan fingerprint density at radius 1 is 1.04 bits per heavy atom. The molecule has 2 aromatic rings. The molecule has 0 saturated carbocycles. The van der Waals surface area contributed by atoms with E-state index in [0.717, 1.165) is 5.69 Å². The number of carbonyl (C=O) groups excluding carboxylic acids is 1. The number of carboxylic acid groups (broad SMARTS) is 1. The summed E-state index contributed by atoms with van der Waals surface area (Å²) in [5.74, 6) is -1.21. The van der Waals surface area contributed by atoms with Crippen LogP contribution in [0.3, 0.4) is 0 Å². The zero-order valence-corrected chi connectivity index (χ0v) is 14.5. The molecule has 0 saturated heterocycles. The largest absolute Gasteiger partial charge is 0.478 e. The summed E-state index contributed by atoms with van der Waals surface area (Å²) in [6.07, 6.45) is 1.34. The number of rotatable bonds is 6.